The Morgan fingerprint density at radius 1 is 1.53 bits per heavy atom. The van der Waals surface area contributed by atoms with Gasteiger partial charge in [-0.25, -0.2) is 0 Å². The van der Waals surface area contributed by atoms with Gasteiger partial charge in [-0.15, -0.1) is 11.3 Å². The summed E-state index contributed by atoms with van der Waals surface area (Å²) < 4.78 is 4.11. The number of nitrogens with zero attached hydrogens (tertiary/aromatic N) is 2. The number of aryl methyl sites for hydroxylation is 1. The van der Waals surface area contributed by atoms with Crippen LogP contribution in [0.3, 0.4) is 0 Å². The van der Waals surface area contributed by atoms with Gasteiger partial charge in [-0.05, 0) is 50.0 Å². The Morgan fingerprint density at radius 2 is 2.29 bits per heavy atom. The maximum Gasteiger partial charge on any atom is 0.0761 e. The molecule has 17 heavy (non-hydrogen) atoms. The van der Waals surface area contributed by atoms with Gasteiger partial charge in [0.2, 0.25) is 0 Å². The Kier molecular flexibility index (Phi) is 4.41. The number of rotatable bonds is 4. The minimum atomic E-state index is 0.186. The summed E-state index contributed by atoms with van der Waals surface area (Å²) in [6.45, 7) is 3.03. The van der Waals surface area contributed by atoms with Crippen molar-refractivity contribution in [2.24, 2.45) is 7.05 Å². The van der Waals surface area contributed by atoms with Crippen LogP contribution in [0.15, 0.2) is 26.0 Å². The van der Waals surface area contributed by atoms with E-state index in [1.165, 1.54) is 11.1 Å². The van der Waals surface area contributed by atoms with Crippen LogP contribution in [-0.4, -0.2) is 16.3 Å². The summed E-state index contributed by atoms with van der Waals surface area (Å²) in [5, 5.41) is 7.72. The smallest absolute Gasteiger partial charge is 0.0761 e. The van der Waals surface area contributed by atoms with Crippen LogP contribution in [-0.2, 0) is 7.05 Å². The van der Waals surface area contributed by atoms with E-state index in [-0.39, 0.29) is 6.04 Å². The zero-order valence-corrected chi connectivity index (χ0v) is 13.6. The van der Waals surface area contributed by atoms with E-state index in [4.69, 9.17) is 0 Å². The fourth-order valence-electron chi connectivity index (χ4n) is 1.75. The number of nitrogens with one attached hydrogen (secondary N) is 1. The van der Waals surface area contributed by atoms with Gasteiger partial charge in [-0.2, -0.15) is 5.10 Å². The van der Waals surface area contributed by atoms with Crippen LogP contribution in [0.4, 0.5) is 0 Å². The number of thiophene rings is 1. The summed E-state index contributed by atoms with van der Waals surface area (Å²) in [7, 11) is 1.94. The van der Waals surface area contributed by atoms with Crippen molar-refractivity contribution in [3.63, 3.8) is 0 Å². The molecule has 0 aliphatic heterocycles. The van der Waals surface area contributed by atoms with Crippen molar-refractivity contribution in [3.8, 4) is 0 Å². The topological polar surface area (TPSA) is 29.9 Å². The second-order valence-electron chi connectivity index (χ2n) is 3.72. The number of halogens is 2. The molecule has 0 fully saturated rings. The van der Waals surface area contributed by atoms with Crippen molar-refractivity contribution in [3.05, 3.63) is 37.2 Å². The zero-order valence-electron chi connectivity index (χ0n) is 9.58. The molecule has 1 N–H and O–H groups in total. The maximum absolute atomic E-state index is 4.23. The molecule has 0 amide bonds. The molecule has 2 aromatic heterocycles. The van der Waals surface area contributed by atoms with E-state index in [0.717, 1.165) is 14.1 Å². The Labute approximate surface area is 121 Å². The number of hydrogen-bond acceptors (Lipinski definition) is 3. The van der Waals surface area contributed by atoms with Gasteiger partial charge in [0.25, 0.3) is 0 Å². The van der Waals surface area contributed by atoms with Gasteiger partial charge >= 0.3 is 0 Å². The lowest BCUT2D eigenvalue weighted by Crippen LogP contribution is -2.21. The normalized spacial score (nSPS) is 12.9. The van der Waals surface area contributed by atoms with Crippen molar-refractivity contribution >= 4 is 43.2 Å². The molecule has 92 valence electrons. The molecule has 0 spiro atoms. The second-order valence-corrected chi connectivity index (χ2v) is 7.47. The van der Waals surface area contributed by atoms with E-state index >= 15 is 0 Å². The van der Waals surface area contributed by atoms with Crippen molar-refractivity contribution < 1.29 is 0 Å². The largest absolute Gasteiger partial charge is 0.306 e. The Bertz CT molecular complexity index is 507. The highest BCUT2D eigenvalue weighted by atomic mass is 79.9. The third kappa shape index (κ3) is 2.99. The fourth-order valence-corrected chi connectivity index (χ4v) is 4.65. The molecule has 0 aliphatic rings. The zero-order chi connectivity index (χ0) is 12.4. The lowest BCUT2D eigenvalue weighted by Gasteiger charge is -2.15. The van der Waals surface area contributed by atoms with Gasteiger partial charge in [0, 0.05) is 18.8 Å². The van der Waals surface area contributed by atoms with E-state index in [1.807, 2.05) is 24.1 Å². The van der Waals surface area contributed by atoms with Crippen LogP contribution in [0.25, 0.3) is 0 Å². The third-order valence-corrected chi connectivity index (χ3v) is 4.85. The van der Waals surface area contributed by atoms with Gasteiger partial charge in [-0.3, -0.25) is 4.68 Å². The van der Waals surface area contributed by atoms with Crippen molar-refractivity contribution in [2.75, 3.05) is 6.54 Å². The van der Waals surface area contributed by atoms with Gasteiger partial charge < -0.3 is 5.32 Å². The lowest BCUT2D eigenvalue weighted by atomic mass is 10.1. The van der Waals surface area contributed by atoms with Gasteiger partial charge in [0.15, 0.2) is 0 Å². The molecule has 0 aliphatic carbocycles. The van der Waals surface area contributed by atoms with Gasteiger partial charge in [0.05, 0.1) is 19.8 Å². The molecular weight excluding hydrogens is 366 g/mol. The monoisotopic (exact) mass is 377 g/mol. The van der Waals surface area contributed by atoms with Crippen LogP contribution in [0.1, 0.15) is 24.1 Å². The molecule has 2 aromatic rings. The molecular formula is C11H13Br2N3S. The van der Waals surface area contributed by atoms with Gasteiger partial charge in [-0.1, -0.05) is 6.92 Å². The first-order valence-corrected chi connectivity index (χ1v) is 7.68. The summed E-state index contributed by atoms with van der Waals surface area (Å²) in [6, 6.07) is 2.33. The van der Waals surface area contributed by atoms with Crippen LogP contribution in [0.5, 0.6) is 0 Å². The molecule has 1 unspecified atom stereocenters. The SMILES string of the molecule is CCNC(c1cnn(C)c1)c1cc(Br)sc1Br. The molecule has 3 nitrogen and oxygen atoms in total. The predicted octanol–water partition coefficient (Wildman–Crippen LogP) is 3.71. The molecule has 0 aromatic carbocycles. The van der Waals surface area contributed by atoms with Crippen LogP contribution in [0, 0.1) is 0 Å². The van der Waals surface area contributed by atoms with E-state index in [0.29, 0.717) is 0 Å². The molecule has 0 radical (unpaired) electrons. The third-order valence-electron chi connectivity index (χ3n) is 2.46. The van der Waals surface area contributed by atoms with Gasteiger partial charge in [0.1, 0.15) is 0 Å². The minimum Gasteiger partial charge on any atom is -0.306 e. The molecule has 2 heterocycles. The second kappa shape index (κ2) is 5.65. The van der Waals surface area contributed by atoms with Crippen LogP contribution in [0.2, 0.25) is 0 Å². The van der Waals surface area contributed by atoms with Crippen LogP contribution < -0.4 is 5.32 Å². The van der Waals surface area contributed by atoms with Crippen molar-refractivity contribution in [1.82, 2.24) is 15.1 Å². The summed E-state index contributed by atoms with van der Waals surface area (Å²) in [5.74, 6) is 0. The highest BCUT2D eigenvalue weighted by molar-refractivity contribution is 9.12. The Balaban J connectivity index is 2.38. The average molecular weight is 379 g/mol. The molecule has 1 atom stereocenters. The average Bonchev–Trinajstić information content (AvgIpc) is 2.82. The van der Waals surface area contributed by atoms with Crippen molar-refractivity contribution in [2.45, 2.75) is 13.0 Å². The lowest BCUT2D eigenvalue weighted by molar-refractivity contribution is 0.629. The minimum absolute atomic E-state index is 0.186. The summed E-state index contributed by atoms with van der Waals surface area (Å²) in [6.07, 6.45) is 3.96. The van der Waals surface area contributed by atoms with E-state index < -0.39 is 0 Å². The summed E-state index contributed by atoms with van der Waals surface area (Å²) >= 11 is 8.82. The molecule has 2 rings (SSSR count). The first-order chi connectivity index (χ1) is 8.11. The predicted molar refractivity (Wildman–Crippen MR) is 78.4 cm³/mol. The summed E-state index contributed by atoms with van der Waals surface area (Å²) in [5.41, 5.74) is 2.43. The number of hydrogen-bond donors (Lipinski definition) is 1. The van der Waals surface area contributed by atoms with E-state index in [1.54, 1.807) is 11.3 Å². The maximum atomic E-state index is 4.23. The Morgan fingerprint density at radius 3 is 2.76 bits per heavy atom. The number of aromatic nitrogens is 2. The molecule has 0 bridgehead atoms. The standard InChI is InChI=1S/C11H13Br2N3S/c1-3-14-10(7-5-15-16(2)6-7)8-4-9(12)17-11(8)13/h4-6,10,14H,3H2,1-2H3. The highest BCUT2D eigenvalue weighted by Crippen LogP contribution is 2.37. The molecule has 0 saturated carbocycles. The first kappa shape index (κ1) is 13.3. The quantitative estimate of drug-likeness (QED) is 0.878. The van der Waals surface area contributed by atoms with Crippen LogP contribution >= 0.6 is 43.2 Å². The first-order valence-electron chi connectivity index (χ1n) is 5.28. The van der Waals surface area contributed by atoms with E-state index in [2.05, 4.69) is 55.3 Å². The van der Waals surface area contributed by atoms with E-state index in [9.17, 15) is 0 Å². The Hall–Kier alpha value is -0.170. The molecule has 6 heteroatoms. The molecule has 0 saturated heterocycles. The fraction of sp³-hybridized carbons (Fsp3) is 0.364. The summed E-state index contributed by atoms with van der Waals surface area (Å²) in [4.78, 5) is 0. The highest BCUT2D eigenvalue weighted by Gasteiger charge is 2.19. The van der Waals surface area contributed by atoms with Crippen molar-refractivity contribution in [1.29, 1.82) is 0 Å².